The highest BCUT2D eigenvalue weighted by molar-refractivity contribution is 6.36. The molecule has 0 saturated carbocycles. The van der Waals surface area contributed by atoms with Crippen molar-refractivity contribution in [2.75, 3.05) is 0 Å². The topological polar surface area (TPSA) is 64.8 Å². The van der Waals surface area contributed by atoms with Crippen molar-refractivity contribution in [3.8, 4) is 5.95 Å². The number of carbonyl (C=O) groups is 2. The molecule has 0 amide bonds. The van der Waals surface area contributed by atoms with Gasteiger partial charge in [0.2, 0.25) is 11.7 Å². The van der Waals surface area contributed by atoms with E-state index in [0.29, 0.717) is 17.9 Å². The lowest BCUT2D eigenvalue weighted by Crippen LogP contribution is -2.12. The van der Waals surface area contributed by atoms with Crippen molar-refractivity contribution < 1.29 is 9.59 Å². The number of aromatic nitrogens is 3. The molecule has 0 N–H and O–H groups in total. The Bertz CT molecular complexity index is 807. The molecule has 5 heteroatoms. The summed E-state index contributed by atoms with van der Waals surface area (Å²) in [4.78, 5) is 31.3. The lowest BCUT2D eigenvalue weighted by Gasteiger charge is -2.06. The highest BCUT2D eigenvalue weighted by Gasteiger charge is 2.21. The molecule has 2 aromatic heterocycles. The predicted molar refractivity (Wildman–Crippen MR) is 74.0 cm³/mol. The van der Waals surface area contributed by atoms with Crippen molar-refractivity contribution in [2.24, 2.45) is 0 Å². The molecule has 1 aromatic carbocycles. The van der Waals surface area contributed by atoms with Gasteiger partial charge in [0.25, 0.3) is 0 Å². The molecule has 0 aliphatic rings. The van der Waals surface area contributed by atoms with Gasteiger partial charge in [0.05, 0.1) is 0 Å². The monoisotopic (exact) mass is 265 g/mol. The van der Waals surface area contributed by atoms with E-state index in [2.05, 4.69) is 9.97 Å². The van der Waals surface area contributed by atoms with E-state index in [1.165, 1.54) is 0 Å². The van der Waals surface area contributed by atoms with Crippen molar-refractivity contribution in [3.05, 3.63) is 54.1 Å². The van der Waals surface area contributed by atoms with Crippen LogP contribution in [0.4, 0.5) is 0 Å². The van der Waals surface area contributed by atoms with E-state index in [-0.39, 0.29) is 0 Å². The molecule has 0 unspecified atom stereocenters. The first-order valence-corrected chi connectivity index (χ1v) is 6.11. The molecule has 0 bridgehead atoms. The lowest BCUT2D eigenvalue weighted by molar-refractivity contribution is -0.104. The first-order chi connectivity index (χ1) is 9.74. The average molecular weight is 265 g/mol. The second-order valence-corrected chi connectivity index (χ2v) is 4.35. The van der Waals surface area contributed by atoms with Gasteiger partial charge in [-0.3, -0.25) is 14.2 Å². The molecule has 0 spiro atoms. The summed E-state index contributed by atoms with van der Waals surface area (Å²) in [6.45, 7) is 1.88. The van der Waals surface area contributed by atoms with Crippen LogP contribution in [-0.2, 0) is 4.79 Å². The number of aryl methyl sites for hydroxylation is 1. The van der Waals surface area contributed by atoms with Crippen LogP contribution in [-0.4, -0.2) is 26.6 Å². The predicted octanol–water partition coefficient (Wildman–Crippen LogP) is 2.11. The zero-order chi connectivity index (χ0) is 14.1. The summed E-state index contributed by atoms with van der Waals surface area (Å²) in [6.07, 6.45) is 3.52. The van der Waals surface area contributed by atoms with Crippen molar-refractivity contribution >= 4 is 22.8 Å². The summed E-state index contributed by atoms with van der Waals surface area (Å²) in [5.74, 6) is -0.201. The quantitative estimate of drug-likeness (QED) is 0.413. The third-order valence-corrected chi connectivity index (χ3v) is 3.22. The maximum Gasteiger partial charge on any atom is 0.242 e. The minimum atomic E-state index is -0.582. The molecule has 98 valence electrons. The molecule has 0 fully saturated rings. The van der Waals surface area contributed by atoms with Crippen molar-refractivity contribution in [1.29, 1.82) is 0 Å². The number of Topliss-reactive ketones (excluding diaryl/α,β-unsaturated/α-hetero) is 1. The van der Waals surface area contributed by atoms with Gasteiger partial charge in [-0.1, -0.05) is 24.3 Å². The van der Waals surface area contributed by atoms with Crippen LogP contribution in [0, 0.1) is 6.92 Å². The van der Waals surface area contributed by atoms with Gasteiger partial charge in [-0.25, -0.2) is 9.97 Å². The SMILES string of the molecule is Cc1c2ccccc2c(C(=O)C=O)n1-c1ncccn1. The van der Waals surface area contributed by atoms with Crippen LogP contribution in [0.1, 0.15) is 16.2 Å². The Morgan fingerprint density at radius 1 is 1.10 bits per heavy atom. The molecule has 5 nitrogen and oxygen atoms in total. The Balaban J connectivity index is 2.44. The molecule has 20 heavy (non-hydrogen) atoms. The average Bonchev–Trinajstić information content (AvgIpc) is 2.81. The number of rotatable bonds is 3. The molecule has 0 radical (unpaired) electrons. The first-order valence-electron chi connectivity index (χ1n) is 6.11. The van der Waals surface area contributed by atoms with E-state index in [4.69, 9.17) is 0 Å². The van der Waals surface area contributed by atoms with Gasteiger partial charge in [-0.05, 0) is 13.0 Å². The molecule has 2 heterocycles. The largest absolute Gasteiger partial charge is 0.294 e. The number of fused-ring (bicyclic) bond motifs is 1. The highest BCUT2D eigenvalue weighted by atomic mass is 16.2. The minimum absolute atomic E-state index is 0.305. The summed E-state index contributed by atoms with van der Waals surface area (Å²) in [5.41, 5.74) is 1.14. The van der Waals surface area contributed by atoms with Crippen LogP contribution in [0.25, 0.3) is 16.7 Å². The van der Waals surface area contributed by atoms with Crippen LogP contribution in [0.5, 0.6) is 0 Å². The fourth-order valence-corrected chi connectivity index (χ4v) is 2.37. The van der Waals surface area contributed by atoms with Crippen LogP contribution >= 0.6 is 0 Å². The molecule has 0 aliphatic carbocycles. The second-order valence-electron chi connectivity index (χ2n) is 4.35. The molecule has 3 aromatic rings. The van der Waals surface area contributed by atoms with Gasteiger partial charge in [0.15, 0.2) is 6.29 Å². The van der Waals surface area contributed by atoms with Crippen LogP contribution in [0.15, 0.2) is 42.7 Å². The van der Waals surface area contributed by atoms with Crippen LogP contribution < -0.4 is 0 Å². The third kappa shape index (κ3) is 1.72. The molecule has 0 saturated heterocycles. The Hall–Kier alpha value is -2.82. The number of hydrogen-bond donors (Lipinski definition) is 0. The van der Waals surface area contributed by atoms with Crippen LogP contribution in [0.2, 0.25) is 0 Å². The molecule has 3 rings (SSSR count). The van der Waals surface area contributed by atoms with E-state index in [1.807, 2.05) is 31.2 Å². The number of carbonyl (C=O) groups excluding carboxylic acids is 2. The lowest BCUT2D eigenvalue weighted by atomic mass is 10.1. The van der Waals surface area contributed by atoms with E-state index >= 15 is 0 Å². The first kappa shape index (κ1) is 12.2. The second kappa shape index (κ2) is 4.70. The standard InChI is InChI=1S/C15H11N3O2/c1-10-11-5-2-3-6-12(11)14(13(20)9-19)18(10)15-16-7-4-8-17-15/h2-9H,1H3. The number of hydrogen-bond acceptors (Lipinski definition) is 4. The number of benzene rings is 1. The zero-order valence-electron chi connectivity index (χ0n) is 10.8. The summed E-state index contributed by atoms with van der Waals surface area (Å²) >= 11 is 0. The Morgan fingerprint density at radius 2 is 1.75 bits per heavy atom. The summed E-state index contributed by atoms with van der Waals surface area (Å²) < 4.78 is 1.63. The fourth-order valence-electron chi connectivity index (χ4n) is 2.37. The van der Waals surface area contributed by atoms with Crippen molar-refractivity contribution in [3.63, 3.8) is 0 Å². The summed E-state index contributed by atoms with van der Waals surface area (Å²) in [7, 11) is 0. The van der Waals surface area contributed by atoms with Gasteiger partial charge in [-0.2, -0.15) is 0 Å². The summed E-state index contributed by atoms with van der Waals surface area (Å²) in [5, 5.41) is 1.64. The number of aldehydes is 1. The Morgan fingerprint density at radius 3 is 2.40 bits per heavy atom. The van der Waals surface area contributed by atoms with Gasteiger partial charge in [0, 0.05) is 28.9 Å². The van der Waals surface area contributed by atoms with Crippen molar-refractivity contribution in [1.82, 2.24) is 14.5 Å². The van der Waals surface area contributed by atoms with Gasteiger partial charge >= 0.3 is 0 Å². The zero-order valence-corrected chi connectivity index (χ0v) is 10.8. The fraction of sp³-hybridized carbons (Fsp3) is 0.0667. The maximum atomic E-state index is 12.0. The molecule has 0 aliphatic heterocycles. The molecule has 0 atom stereocenters. The maximum absolute atomic E-state index is 12.0. The van der Waals surface area contributed by atoms with E-state index in [1.54, 1.807) is 23.0 Å². The Kier molecular flexibility index (Phi) is 2.87. The highest BCUT2D eigenvalue weighted by Crippen LogP contribution is 2.27. The smallest absolute Gasteiger partial charge is 0.242 e. The van der Waals surface area contributed by atoms with E-state index in [0.717, 1.165) is 16.5 Å². The third-order valence-electron chi connectivity index (χ3n) is 3.22. The minimum Gasteiger partial charge on any atom is -0.294 e. The van der Waals surface area contributed by atoms with Crippen LogP contribution in [0.3, 0.4) is 0 Å². The molecular weight excluding hydrogens is 254 g/mol. The number of nitrogens with zero attached hydrogens (tertiary/aromatic N) is 3. The Labute approximate surface area is 114 Å². The van der Waals surface area contributed by atoms with Gasteiger partial charge in [-0.15, -0.1) is 0 Å². The van der Waals surface area contributed by atoms with E-state index in [9.17, 15) is 9.59 Å². The number of ketones is 1. The van der Waals surface area contributed by atoms with E-state index < -0.39 is 5.78 Å². The summed E-state index contributed by atoms with van der Waals surface area (Å²) in [6, 6.07) is 9.15. The van der Waals surface area contributed by atoms with Gasteiger partial charge < -0.3 is 0 Å². The van der Waals surface area contributed by atoms with Crippen molar-refractivity contribution in [2.45, 2.75) is 6.92 Å². The normalized spacial score (nSPS) is 10.7. The molecular formula is C15H11N3O2. The van der Waals surface area contributed by atoms with Gasteiger partial charge in [0.1, 0.15) is 5.69 Å².